The van der Waals surface area contributed by atoms with Crippen LogP contribution in [0, 0.1) is 11.8 Å². The second kappa shape index (κ2) is 8.61. The molecule has 1 atom stereocenters. The third-order valence-corrected chi connectivity index (χ3v) is 3.82. The van der Waals surface area contributed by atoms with E-state index >= 15 is 0 Å². The van der Waals surface area contributed by atoms with Gasteiger partial charge in [-0.1, -0.05) is 26.0 Å². The summed E-state index contributed by atoms with van der Waals surface area (Å²) >= 11 is 0. The lowest BCUT2D eigenvalue weighted by atomic mass is 9.88. The van der Waals surface area contributed by atoms with Crippen LogP contribution in [0.4, 0.5) is 4.79 Å². The number of hydrogen-bond donors (Lipinski definition) is 3. The fourth-order valence-corrected chi connectivity index (χ4v) is 2.46. The number of carbonyl (C=O) groups excluding carboxylic acids is 1. The molecule has 2 amide bonds. The molecule has 5 heteroatoms. The Morgan fingerprint density at radius 2 is 1.90 bits per heavy atom. The zero-order chi connectivity index (χ0) is 15.0. The van der Waals surface area contributed by atoms with Crippen molar-refractivity contribution in [3.63, 3.8) is 0 Å². The predicted molar refractivity (Wildman–Crippen MR) is 78.5 cm³/mol. The van der Waals surface area contributed by atoms with Gasteiger partial charge in [0.05, 0.1) is 0 Å². The summed E-state index contributed by atoms with van der Waals surface area (Å²) in [6.45, 7) is 4.78. The van der Waals surface area contributed by atoms with E-state index in [1.54, 1.807) is 0 Å². The molecular weight excluding hydrogens is 256 g/mol. The van der Waals surface area contributed by atoms with Gasteiger partial charge >= 0.3 is 12.0 Å². The lowest BCUT2D eigenvalue weighted by Crippen LogP contribution is -2.41. The van der Waals surface area contributed by atoms with Crippen molar-refractivity contribution in [2.24, 2.45) is 11.8 Å². The normalized spacial score (nSPS) is 16.4. The number of nitrogens with one attached hydrogen (secondary N) is 2. The quantitative estimate of drug-likeness (QED) is 0.599. The van der Waals surface area contributed by atoms with E-state index in [1.165, 1.54) is 0 Å². The third kappa shape index (κ3) is 6.59. The molecule has 1 aliphatic carbocycles. The van der Waals surface area contributed by atoms with Crippen molar-refractivity contribution in [3.05, 3.63) is 12.2 Å². The van der Waals surface area contributed by atoms with Crippen LogP contribution in [0.15, 0.2) is 12.2 Å². The van der Waals surface area contributed by atoms with Gasteiger partial charge in [-0.2, -0.15) is 0 Å². The molecule has 0 fully saturated rings. The Balaban J connectivity index is 2.18. The highest BCUT2D eigenvalue weighted by molar-refractivity contribution is 5.74. The maximum Gasteiger partial charge on any atom is 0.315 e. The molecule has 0 bridgehead atoms. The fraction of sp³-hybridized carbons (Fsp3) is 0.733. The minimum absolute atomic E-state index is 0.126. The molecule has 0 heterocycles. The molecule has 0 spiro atoms. The summed E-state index contributed by atoms with van der Waals surface area (Å²) in [6.07, 6.45) is 7.64. The van der Waals surface area contributed by atoms with Gasteiger partial charge in [0.1, 0.15) is 0 Å². The highest BCUT2D eigenvalue weighted by atomic mass is 16.4. The van der Waals surface area contributed by atoms with E-state index in [1.807, 2.05) is 0 Å². The number of aliphatic carboxylic acids is 1. The number of amides is 2. The molecule has 1 rings (SSSR count). The first kappa shape index (κ1) is 16.5. The van der Waals surface area contributed by atoms with Crippen molar-refractivity contribution in [2.45, 2.75) is 52.0 Å². The van der Waals surface area contributed by atoms with Crippen molar-refractivity contribution in [1.82, 2.24) is 10.6 Å². The van der Waals surface area contributed by atoms with Crippen LogP contribution >= 0.6 is 0 Å². The Hall–Kier alpha value is -1.52. The summed E-state index contributed by atoms with van der Waals surface area (Å²) in [5, 5.41) is 14.5. The van der Waals surface area contributed by atoms with Gasteiger partial charge < -0.3 is 15.7 Å². The molecule has 0 saturated heterocycles. The average molecular weight is 282 g/mol. The Labute approximate surface area is 120 Å². The Bertz CT molecular complexity index is 345. The largest absolute Gasteiger partial charge is 0.481 e. The van der Waals surface area contributed by atoms with Crippen molar-refractivity contribution < 1.29 is 14.7 Å². The summed E-state index contributed by atoms with van der Waals surface area (Å²) in [5.74, 6) is 0.00729. The van der Waals surface area contributed by atoms with Gasteiger partial charge in [-0.25, -0.2) is 4.79 Å². The second-order valence-corrected chi connectivity index (χ2v) is 5.77. The molecule has 0 saturated carbocycles. The van der Waals surface area contributed by atoms with Crippen LogP contribution in [0.1, 0.15) is 46.0 Å². The first-order valence-corrected chi connectivity index (χ1v) is 7.40. The number of urea groups is 1. The van der Waals surface area contributed by atoms with Gasteiger partial charge in [-0.3, -0.25) is 4.79 Å². The molecule has 0 aromatic rings. The van der Waals surface area contributed by atoms with Gasteiger partial charge in [-0.05, 0) is 37.5 Å². The molecule has 20 heavy (non-hydrogen) atoms. The highest BCUT2D eigenvalue weighted by Gasteiger charge is 2.16. The number of carbonyl (C=O) groups is 2. The van der Waals surface area contributed by atoms with Crippen molar-refractivity contribution in [1.29, 1.82) is 0 Å². The van der Waals surface area contributed by atoms with Crippen LogP contribution in [0.5, 0.6) is 0 Å². The van der Waals surface area contributed by atoms with E-state index in [-0.39, 0.29) is 18.5 Å². The summed E-state index contributed by atoms with van der Waals surface area (Å²) in [4.78, 5) is 22.3. The summed E-state index contributed by atoms with van der Waals surface area (Å²) in [6, 6.07) is 0.0994. The molecule has 5 nitrogen and oxygen atoms in total. The van der Waals surface area contributed by atoms with Crippen LogP contribution in [-0.4, -0.2) is 29.7 Å². The van der Waals surface area contributed by atoms with Gasteiger partial charge in [0.15, 0.2) is 0 Å². The van der Waals surface area contributed by atoms with E-state index < -0.39 is 5.97 Å². The Kier molecular flexibility index (Phi) is 7.12. The SMILES string of the molecule is CC(C)C(CCNC(=O)NC1CC=CC1)CCC(=O)O. The Morgan fingerprint density at radius 3 is 2.45 bits per heavy atom. The molecule has 0 aliphatic heterocycles. The monoisotopic (exact) mass is 282 g/mol. The number of carboxylic acids is 1. The zero-order valence-corrected chi connectivity index (χ0v) is 12.4. The molecule has 1 aliphatic rings. The van der Waals surface area contributed by atoms with Crippen LogP contribution in [-0.2, 0) is 4.79 Å². The first-order chi connectivity index (χ1) is 9.49. The smallest absolute Gasteiger partial charge is 0.315 e. The second-order valence-electron chi connectivity index (χ2n) is 5.77. The first-order valence-electron chi connectivity index (χ1n) is 7.40. The standard InChI is InChI=1S/C15H26N2O3/c1-11(2)12(7-8-14(18)19)9-10-16-15(20)17-13-5-3-4-6-13/h3-4,11-13H,5-10H2,1-2H3,(H,18,19)(H2,16,17,20). The topological polar surface area (TPSA) is 78.4 Å². The van der Waals surface area contributed by atoms with Gasteiger partial charge in [-0.15, -0.1) is 0 Å². The van der Waals surface area contributed by atoms with Crippen molar-refractivity contribution in [2.75, 3.05) is 6.54 Å². The van der Waals surface area contributed by atoms with E-state index in [0.717, 1.165) is 19.3 Å². The number of carboxylic acid groups (broad SMARTS) is 1. The molecule has 0 aromatic heterocycles. The molecule has 114 valence electrons. The minimum atomic E-state index is -0.755. The maximum atomic E-state index is 11.7. The molecule has 3 N–H and O–H groups in total. The summed E-state index contributed by atoms with van der Waals surface area (Å²) in [7, 11) is 0. The highest BCUT2D eigenvalue weighted by Crippen LogP contribution is 2.20. The average Bonchev–Trinajstić information content (AvgIpc) is 2.85. The van der Waals surface area contributed by atoms with E-state index in [9.17, 15) is 9.59 Å². The molecule has 1 unspecified atom stereocenters. The van der Waals surface area contributed by atoms with Crippen molar-refractivity contribution >= 4 is 12.0 Å². The van der Waals surface area contributed by atoms with Crippen molar-refractivity contribution in [3.8, 4) is 0 Å². The molecule has 0 aromatic carbocycles. The fourth-order valence-electron chi connectivity index (χ4n) is 2.46. The van der Waals surface area contributed by atoms with Gasteiger partial charge in [0.25, 0.3) is 0 Å². The van der Waals surface area contributed by atoms with Gasteiger partial charge in [0.2, 0.25) is 0 Å². The third-order valence-electron chi connectivity index (χ3n) is 3.82. The van der Waals surface area contributed by atoms with Crippen LogP contribution < -0.4 is 10.6 Å². The lowest BCUT2D eigenvalue weighted by molar-refractivity contribution is -0.137. The van der Waals surface area contributed by atoms with E-state index in [2.05, 4.69) is 36.6 Å². The predicted octanol–water partition coefficient (Wildman–Crippen LogP) is 2.53. The van der Waals surface area contributed by atoms with Crippen LogP contribution in [0.2, 0.25) is 0 Å². The summed E-state index contributed by atoms with van der Waals surface area (Å²) in [5.41, 5.74) is 0. The van der Waals surface area contributed by atoms with Gasteiger partial charge in [0, 0.05) is 19.0 Å². The van der Waals surface area contributed by atoms with Crippen LogP contribution in [0.25, 0.3) is 0 Å². The van der Waals surface area contributed by atoms with Crippen LogP contribution in [0.3, 0.4) is 0 Å². The van der Waals surface area contributed by atoms with E-state index in [0.29, 0.717) is 24.8 Å². The number of rotatable bonds is 8. The lowest BCUT2D eigenvalue weighted by Gasteiger charge is -2.20. The molecule has 0 radical (unpaired) electrons. The molecular formula is C15H26N2O3. The Morgan fingerprint density at radius 1 is 1.25 bits per heavy atom. The summed E-state index contributed by atoms with van der Waals surface area (Å²) < 4.78 is 0. The zero-order valence-electron chi connectivity index (χ0n) is 12.4. The number of hydrogen-bond acceptors (Lipinski definition) is 2. The minimum Gasteiger partial charge on any atom is -0.481 e. The maximum absolute atomic E-state index is 11.7. The van der Waals surface area contributed by atoms with E-state index in [4.69, 9.17) is 5.11 Å².